The third kappa shape index (κ3) is 2.97. The molecule has 0 N–H and O–H groups in total. The van der Waals surface area contributed by atoms with Gasteiger partial charge in [-0.1, -0.05) is 0 Å². The first kappa shape index (κ1) is 11.4. The standard InChI is InChI=1S/2C6H11.ClH.Pd/c2*1-2-4-6-5-3-1;;/h2*1H,2-6H2;1H;/q;;;+1/p-1. The van der Waals surface area contributed by atoms with Gasteiger partial charge in [-0.3, -0.25) is 0 Å². The molecular weight excluding hydrogens is 286 g/mol. The van der Waals surface area contributed by atoms with Crippen molar-refractivity contribution in [3.05, 3.63) is 0 Å². The SMILES string of the molecule is [Cl][Pd]([CH]1CCCCC1)[CH]1CCCCC1. The molecule has 2 aliphatic carbocycles. The number of halogens is 1. The Hall–Kier alpha value is 0.952. The topological polar surface area (TPSA) is 0 Å². The molecule has 0 aromatic heterocycles. The molecular formula is C12H22ClPd. The summed E-state index contributed by atoms with van der Waals surface area (Å²) in [5.74, 6) is 0. The summed E-state index contributed by atoms with van der Waals surface area (Å²) in [5, 5.41) is 0. The van der Waals surface area contributed by atoms with E-state index in [0.717, 1.165) is 8.78 Å². The minimum atomic E-state index is -0.668. The van der Waals surface area contributed by atoms with Gasteiger partial charge in [0.05, 0.1) is 0 Å². The average Bonchev–Trinajstić information content (AvgIpc) is 2.30. The molecule has 0 atom stereocenters. The van der Waals surface area contributed by atoms with Crippen LogP contribution in [-0.4, -0.2) is 0 Å². The first-order chi connectivity index (χ1) is 6.88. The van der Waals surface area contributed by atoms with Crippen LogP contribution in [0.1, 0.15) is 64.2 Å². The van der Waals surface area contributed by atoms with Crippen molar-refractivity contribution in [2.24, 2.45) is 0 Å². The predicted octanol–water partition coefficient (Wildman–Crippen LogP) is 5.26. The molecule has 2 heteroatoms. The molecule has 2 rings (SSSR count). The van der Waals surface area contributed by atoms with Crippen molar-refractivity contribution in [1.82, 2.24) is 0 Å². The normalized spacial score (nSPS) is 27.6. The van der Waals surface area contributed by atoms with Crippen molar-refractivity contribution in [3.8, 4) is 0 Å². The third-order valence-electron chi connectivity index (χ3n) is 3.49. The summed E-state index contributed by atoms with van der Waals surface area (Å²) in [7, 11) is 6.76. The maximum atomic E-state index is 6.76. The van der Waals surface area contributed by atoms with Gasteiger partial charge >= 0.3 is 98.3 Å². The Labute approximate surface area is 98.1 Å². The summed E-state index contributed by atoms with van der Waals surface area (Å²) in [6.45, 7) is 0. The fourth-order valence-corrected chi connectivity index (χ4v) is 8.27. The van der Waals surface area contributed by atoms with E-state index in [-0.39, 0.29) is 0 Å². The zero-order valence-corrected chi connectivity index (χ0v) is 11.2. The minimum absolute atomic E-state index is 0.668. The van der Waals surface area contributed by atoms with Gasteiger partial charge in [0.2, 0.25) is 0 Å². The second-order valence-electron chi connectivity index (χ2n) is 4.61. The van der Waals surface area contributed by atoms with Gasteiger partial charge < -0.3 is 0 Å². The van der Waals surface area contributed by atoms with E-state index >= 15 is 0 Å². The van der Waals surface area contributed by atoms with Gasteiger partial charge in [-0.05, 0) is 0 Å². The second-order valence-corrected chi connectivity index (χ2v) is 9.98. The molecule has 2 saturated carbocycles. The predicted molar refractivity (Wildman–Crippen MR) is 59.5 cm³/mol. The molecule has 0 nitrogen and oxygen atoms in total. The summed E-state index contributed by atoms with van der Waals surface area (Å²) >= 11 is -0.668. The summed E-state index contributed by atoms with van der Waals surface area (Å²) in [6, 6.07) is 0. The Morgan fingerprint density at radius 2 is 1.00 bits per heavy atom. The van der Waals surface area contributed by atoms with E-state index in [2.05, 4.69) is 0 Å². The van der Waals surface area contributed by atoms with Crippen molar-refractivity contribution in [2.45, 2.75) is 73.0 Å². The summed E-state index contributed by atoms with van der Waals surface area (Å²) in [5.41, 5.74) is 0. The third-order valence-corrected chi connectivity index (χ3v) is 10.0. The van der Waals surface area contributed by atoms with Crippen LogP contribution >= 0.6 is 9.53 Å². The van der Waals surface area contributed by atoms with Gasteiger partial charge in [0, 0.05) is 0 Å². The number of hydrogen-bond donors (Lipinski definition) is 0. The number of rotatable bonds is 2. The summed E-state index contributed by atoms with van der Waals surface area (Å²) in [4.78, 5) is 0. The van der Waals surface area contributed by atoms with Crippen molar-refractivity contribution in [3.63, 3.8) is 0 Å². The van der Waals surface area contributed by atoms with E-state index in [1.807, 2.05) is 0 Å². The Balaban J connectivity index is 1.82. The Kier molecular flexibility index (Phi) is 4.80. The Bertz CT molecular complexity index is 142. The molecule has 0 radical (unpaired) electrons. The van der Waals surface area contributed by atoms with E-state index in [9.17, 15) is 0 Å². The fraction of sp³-hybridized carbons (Fsp3) is 1.00. The van der Waals surface area contributed by atoms with Crippen molar-refractivity contribution >= 4 is 9.53 Å². The molecule has 0 bridgehead atoms. The molecule has 0 saturated heterocycles. The molecule has 0 aromatic carbocycles. The van der Waals surface area contributed by atoms with Crippen LogP contribution < -0.4 is 0 Å². The van der Waals surface area contributed by atoms with E-state index in [1.165, 1.54) is 64.2 Å². The van der Waals surface area contributed by atoms with Crippen LogP contribution in [0.3, 0.4) is 0 Å². The van der Waals surface area contributed by atoms with Gasteiger partial charge in [0.15, 0.2) is 0 Å². The van der Waals surface area contributed by atoms with Crippen LogP contribution in [0.4, 0.5) is 0 Å². The van der Waals surface area contributed by atoms with Crippen molar-refractivity contribution in [2.75, 3.05) is 0 Å². The van der Waals surface area contributed by atoms with Crippen LogP contribution in [0.25, 0.3) is 0 Å². The van der Waals surface area contributed by atoms with Crippen molar-refractivity contribution in [1.29, 1.82) is 0 Å². The molecule has 0 unspecified atom stereocenters. The molecule has 0 spiro atoms. The van der Waals surface area contributed by atoms with E-state index in [1.54, 1.807) is 0 Å². The van der Waals surface area contributed by atoms with Gasteiger partial charge in [-0.2, -0.15) is 0 Å². The van der Waals surface area contributed by atoms with Crippen LogP contribution in [-0.2, 0) is 15.7 Å². The van der Waals surface area contributed by atoms with E-state index in [0.29, 0.717) is 0 Å². The first-order valence-electron chi connectivity index (χ1n) is 6.12. The van der Waals surface area contributed by atoms with Gasteiger partial charge in [0.25, 0.3) is 0 Å². The van der Waals surface area contributed by atoms with Crippen LogP contribution in [0.2, 0.25) is 8.78 Å². The zero-order valence-electron chi connectivity index (χ0n) is 8.92. The quantitative estimate of drug-likeness (QED) is 0.610. The zero-order chi connectivity index (χ0) is 9.80. The van der Waals surface area contributed by atoms with Gasteiger partial charge in [0.1, 0.15) is 0 Å². The Morgan fingerprint density at radius 3 is 1.36 bits per heavy atom. The monoisotopic (exact) mass is 307 g/mol. The van der Waals surface area contributed by atoms with Crippen LogP contribution in [0.5, 0.6) is 0 Å². The molecule has 14 heavy (non-hydrogen) atoms. The van der Waals surface area contributed by atoms with Crippen molar-refractivity contribution < 1.29 is 15.7 Å². The first-order valence-corrected chi connectivity index (χ1v) is 9.91. The number of hydrogen-bond acceptors (Lipinski definition) is 0. The molecule has 0 aliphatic heterocycles. The molecule has 0 aromatic rings. The van der Waals surface area contributed by atoms with E-state index < -0.39 is 15.7 Å². The molecule has 2 aliphatic rings. The molecule has 0 heterocycles. The summed E-state index contributed by atoms with van der Waals surface area (Å²) < 4.78 is 1.94. The second kappa shape index (κ2) is 5.88. The average molecular weight is 308 g/mol. The summed E-state index contributed by atoms with van der Waals surface area (Å²) in [6.07, 6.45) is 14.6. The molecule has 0 amide bonds. The Morgan fingerprint density at radius 1 is 0.643 bits per heavy atom. The maximum absolute atomic E-state index is 6.76. The van der Waals surface area contributed by atoms with Gasteiger partial charge in [-0.25, -0.2) is 0 Å². The van der Waals surface area contributed by atoms with Gasteiger partial charge in [-0.15, -0.1) is 0 Å². The van der Waals surface area contributed by atoms with E-state index in [4.69, 9.17) is 9.53 Å². The van der Waals surface area contributed by atoms with Crippen LogP contribution in [0.15, 0.2) is 0 Å². The molecule has 87 valence electrons. The van der Waals surface area contributed by atoms with Crippen LogP contribution in [0, 0.1) is 0 Å². The molecule has 2 fully saturated rings. The fourth-order valence-electron chi connectivity index (χ4n) is 2.61.